The number of ether oxygens (including phenoxy) is 2. The molecule has 0 N–H and O–H groups in total. The minimum Gasteiger partial charge on any atom is -0.461 e. The van der Waals surface area contributed by atoms with Crippen molar-refractivity contribution in [2.24, 2.45) is 0 Å². The van der Waals surface area contributed by atoms with E-state index >= 15 is 0 Å². The molecule has 0 spiro atoms. The Morgan fingerprint density at radius 3 is 2.59 bits per heavy atom. The van der Waals surface area contributed by atoms with Crippen molar-refractivity contribution in [2.45, 2.75) is 23.5 Å². The highest BCUT2D eigenvalue weighted by Gasteiger charge is 2.23. The smallest absolute Gasteiger partial charge is 0.333 e. The molecule has 0 fully saturated rings. The van der Waals surface area contributed by atoms with Crippen LogP contribution in [-0.2, 0) is 14.3 Å². The van der Waals surface area contributed by atoms with Crippen LogP contribution < -0.4 is 4.74 Å². The van der Waals surface area contributed by atoms with Crippen molar-refractivity contribution >= 4 is 51.1 Å². The minimum absolute atomic E-state index is 0.0191. The second kappa shape index (κ2) is 9.18. The Kier molecular flexibility index (Phi) is 7.93. The predicted molar refractivity (Wildman–Crippen MR) is 89.8 cm³/mol. The molecule has 0 bridgehead atoms. The normalized spacial score (nSPS) is 13.1. The molecule has 2 unspecified atom stereocenters. The third-order valence-electron chi connectivity index (χ3n) is 2.51. The first-order valence-corrected chi connectivity index (χ1v) is 8.11. The Bertz CT molecular complexity index is 562. The second-order valence-corrected chi connectivity index (χ2v) is 6.66. The SMILES string of the molecule is C=C(C)C(=O)OCC(Cl)CC(Br)C(=O)Oc1ccccc1Cl. The van der Waals surface area contributed by atoms with E-state index in [-0.39, 0.29) is 24.4 Å². The molecular weight excluding hydrogens is 395 g/mol. The van der Waals surface area contributed by atoms with Gasteiger partial charge in [-0.2, -0.15) is 0 Å². The van der Waals surface area contributed by atoms with Gasteiger partial charge in [0.2, 0.25) is 0 Å². The summed E-state index contributed by atoms with van der Waals surface area (Å²) in [6, 6.07) is 6.65. The zero-order chi connectivity index (χ0) is 16.7. The average Bonchev–Trinajstić information content (AvgIpc) is 2.46. The number of hydrogen-bond donors (Lipinski definition) is 0. The van der Waals surface area contributed by atoms with Crippen molar-refractivity contribution in [1.82, 2.24) is 0 Å². The Morgan fingerprint density at radius 2 is 2.00 bits per heavy atom. The lowest BCUT2D eigenvalue weighted by molar-refractivity contribution is -0.138. The highest BCUT2D eigenvalue weighted by Crippen LogP contribution is 2.25. The molecule has 120 valence electrons. The van der Waals surface area contributed by atoms with E-state index in [1.54, 1.807) is 31.2 Å². The zero-order valence-corrected chi connectivity index (χ0v) is 15.0. The van der Waals surface area contributed by atoms with E-state index < -0.39 is 22.1 Å². The summed E-state index contributed by atoms with van der Waals surface area (Å²) in [5.41, 5.74) is 0.289. The van der Waals surface area contributed by atoms with Gasteiger partial charge in [-0.1, -0.05) is 46.2 Å². The van der Waals surface area contributed by atoms with Gasteiger partial charge in [0.1, 0.15) is 17.2 Å². The van der Waals surface area contributed by atoms with Crippen LogP contribution in [0.25, 0.3) is 0 Å². The van der Waals surface area contributed by atoms with Crippen molar-refractivity contribution < 1.29 is 19.1 Å². The molecule has 0 saturated carbocycles. The number of carbonyl (C=O) groups is 2. The maximum absolute atomic E-state index is 11.9. The van der Waals surface area contributed by atoms with E-state index in [1.165, 1.54) is 0 Å². The first-order chi connectivity index (χ1) is 10.3. The molecule has 4 nitrogen and oxygen atoms in total. The summed E-state index contributed by atoms with van der Waals surface area (Å²) in [6.45, 7) is 4.99. The zero-order valence-electron chi connectivity index (χ0n) is 11.9. The maximum atomic E-state index is 11.9. The molecule has 1 rings (SSSR count). The van der Waals surface area contributed by atoms with E-state index in [2.05, 4.69) is 22.5 Å². The molecule has 1 aromatic rings. The molecule has 0 radical (unpaired) electrons. The van der Waals surface area contributed by atoms with E-state index in [9.17, 15) is 9.59 Å². The molecule has 0 aliphatic heterocycles. The van der Waals surface area contributed by atoms with Gasteiger partial charge in [0.15, 0.2) is 0 Å². The number of para-hydroxylation sites is 1. The van der Waals surface area contributed by atoms with Gasteiger partial charge >= 0.3 is 11.9 Å². The van der Waals surface area contributed by atoms with E-state index in [0.717, 1.165) is 0 Å². The molecule has 1 aromatic carbocycles. The van der Waals surface area contributed by atoms with Gasteiger partial charge in [0.25, 0.3) is 0 Å². The van der Waals surface area contributed by atoms with Crippen LogP contribution in [-0.4, -0.2) is 28.7 Å². The van der Waals surface area contributed by atoms with Gasteiger partial charge in [-0.15, -0.1) is 11.6 Å². The molecule has 7 heteroatoms. The van der Waals surface area contributed by atoms with Gasteiger partial charge < -0.3 is 9.47 Å². The largest absolute Gasteiger partial charge is 0.461 e. The van der Waals surface area contributed by atoms with Crippen molar-refractivity contribution in [2.75, 3.05) is 6.61 Å². The van der Waals surface area contributed by atoms with Crippen molar-refractivity contribution in [1.29, 1.82) is 0 Å². The van der Waals surface area contributed by atoms with Crippen LogP contribution in [0.4, 0.5) is 0 Å². The van der Waals surface area contributed by atoms with E-state index in [1.807, 2.05) is 0 Å². The Balaban J connectivity index is 2.45. The Hall–Kier alpha value is -1.04. The average molecular weight is 410 g/mol. The fourth-order valence-corrected chi connectivity index (χ4v) is 2.55. The summed E-state index contributed by atoms with van der Waals surface area (Å²) in [5.74, 6) is -0.765. The number of alkyl halides is 2. The molecule has 0 heterocycles. The lowest BCUT2D eigenvalue weighted by atomic mass is 10.2. The maximum Gasteiger partial charge on any atom is 0.333 e. The summed E-state index contributed by atoms with van der Waals surface area (Å²) in [4.78, 5) is 22.5. The lowest BCUT2D eigenvalue weighted by Crippen LogP contribution is -2.26. The number of esters is 2. The van der Waals surface area contributed by atoms with Gasteiger partial charge in [0.05, 0.1) is 10.4 Å². The highest BCUT2D eigenvalue weighted by molar-refractivity contribution is 9.10. The standard InChI is InChI=1S/C15H15BrCl2O4/c1-9(2)14(19)21-8-10(17)7-11(16)15(20)22-13-6-4-3-5-12(13)18/h3-6,10-11H,1,7-8H2,2H3. The molecule has 0 aromatic heterocycles. The molecule has 2 atom stereocenters. The fourth-order valence-electron chi connectivity index (χ4n) is 1.38. The predicted octanol–water partition coefficient (Wildman–Crippen LogP) is 4.13. The van der Waals surface area contributed by atoms with E-state index in [0.29, 0.717) is 5.02 Å². The molecule has 0 aliphatic carbocycles. The summed E-state index contributed by atoms with van der Waals surface area (Å²) in [5, 5.41) is -0.195. The van der Waals surface area contributed by atoms with Crippen LogP contribution in [0.3, 0.4) is 0 Å². The summed E-state index contributed by atoms with van der Waals surface area (Å²) >= 11 is 15.1. The Labute approximate surface area is 147 Å². The van der Waals surface area contributed by atoms with Crippen LogP contribution in [0.2, 0.25) is 5.02 Å². The fraction of sp³-hybridized carbons (Fsp3) is 0.333. The van der Waals surface area contributed by atoms with Crippen molar-refractivity contribution in [3.05, 3.63) is 41.4 Å². The summed E-state index contributed by atoms with van der Waals surface area (Å²) < 4.78 is 10.1. The molecular formula is C15H15BrCl2O4. The van der Waals surface area contributed by atoms with Gasteiger partial charge in [-0.3, -0.25) is 4.79 Å². The third kappa shape index (κ3) is 6.38. The molecule has 0 aliphatic rings. The summed E-state index contributed by atoms with van der Waals surface area (Å²) in [6.07, 6.45) is 0.230. The van der Waals surface area contributed by atoms with Gasteiger partial charge in [-0.05, 0) is 25.5 Å². The van der Waals surface area contributed by atoms with E-state index in [4.69, 9.17) is 32.7 Å². The lowest BCUT2D eigenvalue weighted by Gasteiger charge is -2.14. The van der Waals surface area contributed by atoms with Crippen LogP contribution >= 0.6 is 39.1 Å². The highest BCUT2D eigenvalue weighted by atomic mass is 79.9. The molecule has 0 amide bonds. The molecule has 22 heavy (non-hydrogen) atoms. The minimum atomic E-state index is -0.644. The van der Waals surface area contributed by atoms with Crippen LogP contribution in [0.15, 0.2) is 36.4 Å². The quantitative estimate of drug-likeness (QED) is 0.294. The number of halogens is 3. The topological polar surface area (TPSA) is 52.6 Å². The third-order valence-corrected chi connectivity index (χ3v) is 3.87. The number of hydrogen-bond acceptors (Lipinski definition) is 4. The van der Waals surface area contributed by atoms with Gasteiger partial charge in [-0.25, -0.2) is 4.79 Å². The number of benzene rings is 1. The molecule has 0 saturated heterocycles. The first-order valence-electron chi connectivity index (χ1n) is 6.38. The monoisotopic (exact) mass is 408 g/mol. The summed E-state index contributed by atoms with van der Waals surface area (Å²) in [7, 11) is 0. The number of carbonyl (C=O) groups excluding carboxylic acids is 2. The van der Waals surface area contributed by atoms with Gasteiger partial charge in [0, 0.05) is 5.57 Å². The van der Waals surface area contributed by atoms with Crippen molar-refractivity contribution in [3.63, 3.8) is 0 Å². The van der Waals surface area contributed by atoms with Crippen LogP contribution in [0, 0.1) is 0 Å². The second-order valence-electron chi connectivity index (χ2n) is 4.53. The Morgan fingerprint density at radius 1 is 1.36 bits per heavy atom. The number of rotatable bonds is 7. The van der Waals surface area contributed by atoms with Crippen LogP contribution in [0.5, 0.6) is 5.75 Å². The first kappa shape index (κ1) is 19.0. The van der Waals surface area contributed by atoms with Crippen molar-refractivity contribution in [3.8, 4) is 5.75 Å². The van der Waals surface area contributed by atoms with Crippen LogP contribution in [0.1, 0.15) is 13.3 Å².